The number of benzene rings is 2. The molecule has 0 bridgehead atoms. The van der Waals surface area contributed by atoms with Crippen LogP contribution < -0.4 is 10.6 Å². The third kappa shape index (κ3) is 4.87. The Morgan fingerprint density at radius 2 is 1.48 bits per heavy atom. The number of alkyl carbamates (subject to hydrolysis) is 1. The van der Waals surface area contributed by atoms with Crippen molar-refractivity contribution in [2.45, 2.75) is 45.7 Å². The molecule has 2 atom stereocenters. The fourth-order valence-electron chi connectivity index (χ4n) is 3.79. The number of carboxylic acid groups (broad SMARTS) is 1. The van der Waals surface area contributed by atoms with Crippen LogP contribution in [0.1, 0.15) is 44.7 Å². The van der Waals surface area contributed by atoms with Crippen molar-refractivity contribution in [3.63, 3.8) is 0 Å². The highest BCUT2D eigenvalue weighted by Gasteiger charge is 2.35. The van der Waals surface area contributed by atoms with Crippen molar-refractivity contribution in [3.8, 4) is 11.1 Å². The van der Waals surface area contributed by atoms with E-state index in [0.717, 1.165) is 22.3 Å². The van der Waals surface area contributed by atoms with E-state index in [9.17, 15) is 14.4 Å². The molecular weight excluding hydrogens is 396 g/mol. The second kappa shape index (κ2) is 8.79. The molecule has 164 valence electrons. The largest absolute Gasteiger partial charge is 0.480 e. The summed E-state index contributed by atoms with van der Waals surface area (Å²) in [4.78, 5) is 36.2. The molecule has 1 unspecified atom stereocenters. The highest BCUT2D eigenvalue weighted by molar-refractivity contribution is 5.89. The monoisotopic (exact) mass is 424 g/mol. The number of carboxylic acids is 1. The van der Waals surface area contributed by atoms with Gasteiger partial charge in [0.2, 0.25) is 5.91 Å². The number of ether oxygens (including phenoxy) is 1. The van der Waals surface area contributed by atoms with Gasteiger partial charge < -0.3 is 20.5 Å². The number of aliphatic carboxylic acids is 1. The number of carbonyl (C=O) groups excluding carboxylic acids is 2. The molecule has 1 aliphatic carbocycles. The Labute approximate surface area is 181 Å². The van der Waals surface area contributed by atoms with Crippen LogP contribution in [0.25, 0.3) is 11.1 Å². The van der Waals surface area contributed by atoms with Gasteiger partial charge in [-0.2, -0.15) is 0 Å². The van der Waals surface area contributed by atoms with E-state index in [2.05, 4.69) is 22.8 Å². The third-order valence-corrected chi connectivity index (χ3v) is 5.46. The molecule has 7 heteroatoms. The van der Waals surface area contributed by atoms with Crippen LogP contribution in [-0.4, -0.2) is 41.8 Å². The highest BCUT2D eigenvalue weighted by atomic mass is 16.5. The molecule has 0 saturated carbocycles. The van der Waals surface area contributed by atoms with Crippen molar-refractivity contribution in [2.24, 2.45) is 5.41 Å². The number of fused-ring (bicyclic) bond motifs is 3. The Morgan fingerprint density at radius 3 is 1.97 bits per heavy atom. The minimum absolute atomic E-state index is 0.0907. The molecule has 2 amide bonds. The smallest absolute Gasteiger partial charge is 0.407 e. The van der Waals surface area contributed by atoms with Gasteiger partial charge >= 0.3 is 12.1 Å². The molecule has 0 aromatic heterocycles. The Bertz CT molecular complexity index is 950. The fourth-order valence-corrected chi connectivity index (χ4v) is 3.79. The van der Waals surface area contributed by atoms with Crippen LogP contribution in [0.4, 0.5) is 4.79 Å². The SMILES string of the molecule is CC(NC(=O)[C@H](NC(=O)OCC1c2ccccc2-c2ccccc21)C(C)(C)C)C(=O)O. The summed E-state index contributed by atoms with van der Waals surface area (Å²) < 4.78 is 5.52. The molecule has 0 saturated heterocycles. The van der Waals surface area contributed by atoms with E-state index >= 15 is 0 Å². The first-order valence-corrected chi connectivity index (χ1v) is 10.2. The van der Waals surface area contributed by atoms with Crippen LogP contribution in [0.3, 0.4) is 0 Å². The van der Waals surface area contributed by atoms with E-state index in [1.165, 1.54) is 6.92 Å². The lowest BCUT2D eigenvalue weighted by molar-refractivity contribution is -0.142. The number of amides is 2. The molecule has 3 N–H and O–H groups in total. The van der Waals surface area contributed by atoms with Gasteiger partial charge in [-0.05, 0) is 34.6 Å². The van der Waals surface area contributed by atoms with Crippen LogP contribution in [0.2, 0.25) is 0 Å². The van der Waals surface area contributed by atoms with E-state index < -0.39 is 35.5 Å². The maximum atomic E-state index is 12.6. The summed E-state index contributed by atoms with van der Waals surface area (Å²) in [6, 6.07) is 14.0. The second-order valence-corrected chi connectivity index (χ2v) is 8.84. The molecule has 0 radical (unpaired) electrons. The van der Waals surface area contributed by atoms with Gasteiger partial charge in [-0.15, -0.1) is 0 Å². The summed E-state index contributed by atoms with van der Waals surface area (Å²) in [5, 5.41) is 14.0. The molecule has 7 nitrogen and oxygen atoms in total. The first-order chi connectivity index (χ1) is 14.6. The van der Waals surface area contributed by atoms with Crippen molar-refractivity contribution in [1.82, 2.24) is 10.6 Å². The minimum Gasteiger partial charge on any atom is -0.480 e. The Balaban J connectivity index is 1.70. The summed E-state index contributed by atoms with van der Waals surface area (Å²) in [6.07, 6.45) is -0.722. The predicted molar refractivity (Wildman–Crippen MR) is 117 cm³/mol. The van der Waals surface area contributed by atoms with Crippen LogP contribution in [0.15, 0.2) is 48.5 Å². The molecule has 2 aromatic rings. The number of hydrogen-bond donors (Lipinski definition) is 3. The first kappa shape index (κ1) is 22.3. The lowest BCUT2D eigenvalue weighted by Gasteiger charge is -2.30. The Hall–Kier alpha value is -3.35. The molecule has 0 heterocycles. The van der Waals surface area contributed by atoms with Crippen LogP contribution in [-0.2, 0) is 14.3 Å². The van der Waals surface area contributed by atoms with Gasteiger partial charge in [0.25, 0.3) is 0 Å². The number of hydrogen-bond acceptors (Lipinski definition) is 4. The fraction of sp³-hybridized carbons (Fsp3) is 0.375. The van der Waals surface area contributed by atoms with Crippen LogP contribution >= 0.6 is 0 Å². The topological polar surface area (TPSA) is 105 Å². The summed E-state index contributed by atoms with van der Waals surface area (Å²) in [7, 11) is 0. The number of nitrogens with one attached hydrogen (secondary N) is 2. The van der Waals surface area contributed by atoms with Crippen molar-refractivity contribution in [3.05, 3.63) is 59.7 Å². The lowest BCUT2D eigenvalue weighted by Crippen LogP contribution is -2.56. The molecule has 0 fully saturated rings. The van der Waals surface area contributed by atoms with E-state index in [1.54, 1.807) is 20.8 Å². The maximum absolute atomic E-state index is 12.6. The van der Waals surface area contributed by atoms with Gasteiger partial charge in [-0.25, -0.2) is 4.79 Å². The van der Waals surface area contributed by atoms with E-state index in [-0.39, 0.29) is 12.5 Å². The minimum atomic E-state index is -1.15. The van der Waals surface area contributed by atoms with Crippen molar-refractivity contribution < 1.29 is 24.2 Å². The van der Waals surface area contributed by atoms with E-state index in [4.69, 9.17) is 9.84 Å². The molecule has 3 rings (SSSR count). The molecular formula is C24H28N2O5. The summed E-state index contributed by atoms with van der Waals surface area (Å²) in [5.41, 5.74) is 3.80. The summed E-state index contributed by atoms with van der Waals surface area (Å²) >= 11 is 0. The highest BCUT2D eigenvalue weighted by Crippen LogP contribution is 2.44. The molecule has 2 aromatic carbocycles. The van der Waals surface area contributed by atoms with Gasteiger partial charge in [0.1, 0.15) is 18.7 Å². The zero-order valence-corrected chi connectivity index (χ0v) is 18.1. The first-order valence-electron chi connectivity index (χ1n) is 10.2. The Kier molecular flexibility index (Phi) is 6.34. The maximum Gasteiger partial charge on any atom is 0.407 e. The quantitative estimate of drug-likeness (QED) is 0.658. The lowest BCUT2D eigenvalue weighted by atomic mass is 9.86. The average molecular weight is 424 g/mol. The van der Waals surface area contributed by atoms with Crippen molar-refractivity contribution >= 4 is 18.0 Å². The van der Waals surface area contributed by atoms with Crippen molar-refractivity contribution in [2.75, 3.05) is 6.61 Å². The van der Waals surface area contributed by atoms with Gasteiger partial charge in [-0.1, -0.05) is 69.3 Å². The Morgan fingerprint density at radius 1 is 0.968 bits per heavy atom. The van der Waals surface area contributed by atoms with Crippen LogP contribution in [0, 0.1) is 5.41 Å². The molecule has 31 heavy (non-hydrogen) atoms. The van der Waals surface area contributed by atoms with Gasteiger partial charge in [0, 0.05) is 5.92 Å². The zero-order valence-electron chi connectivity index (χ0n) is 18.1. The number of carbonyl (C=O) groups is 3. The van der Waals surface area contributed by atoms with Gasteiger partial charge in [0.05, 0.1) is 0 Å². The molecule has 0 aliphatic heterocycles. The summed E-state index contributed by atoms with van der Waals surface area (Å²) in [6.45, 7) is 6.85. The third-order valence-electron chi connectivity index (χ3n) is 5.46. The van der Waals surface area contributed by atoms with Gasteiger partial charge in [0.15, 0.2) is 0 Å². The van der Waals surface area contributed by atoms with E-state index in [1.807, 2.05) is 36.4 Å². The second-order valence-electron chi connectivity index (χ2n) is 8.84. The van der Waals surface area contributed by atoms with E-state index in [0.29, 0.717) is 0 Å². The van der Waals surface area contributed by atoms with Gasteiger partial charge in [-0.3, -0.25) is 9.59 Å². The zero-order chi connectivity index (χ0) is 22.8. The predicted octanol–water partition coefficient (Wildman–Crippen LogP) is 3.53. The molecule has 1 aliphatic rings. The normalized spacial score (nSPS) is 14.7. The number of rotatable bonds is 6. The summed E-state index contributed by atoms with van der Waals surface area (Å²) in [5.74, 6) is -1.81. The molecule has 0 spiro atoms. The van der Waals surface area contributed by atoms with Crippen LogP contribution in [0.5, 0.6) is 0 Å². The standard InChI is InChI=1S/C24H28N2O5/c1-14(22(28)29)25-21(27)20(24(2,3)4)26-23(30)31-13-19-17-11-7-5-9-15(17)16-10-6-8-12-18(16)19/h5-12,14,19-20H,13H2,1-4H3,(H,25,27)(H,26,30)(H,28,29)/t14?,20-/m0/s1. The average Bonchev–Trinajstić information content (AvgIpc) is 3.03. The van der Waals surface area contributed by atoms with Crippen molar-refractivity contribution in [1.29, 1.82) is 0 Å².